The first-order valence-electron chi connectivity index (χ1n) is 7.47. The SMILES string of the molecule is COC(=O)c1ccc(CN(C)C(=O)Cc2ccccc2C)cc1. The molecule has 0 radical (unpaired) electrons. The van der Waals surface area contributed by atoms with Crippen LogP contribution in [-0.4, -0.2) is 30.9 Å². The van der Waals surface area contributed by atoms with Gasteiger partial charge in [-0.3, -0.25) is 4.79 Å². The Labute approximate surface area is 136 Å². The summed E-state index contributed by atoms with van der Waals surface area (Å²) in [4.78, 5) is 25.4. The van der Waals surface area contributed by atoms with Crippen molar-refractivity contribution in [3.8, 4) is 0 Å². The molecule has 0 atom stereocenters. The fourth-order valence-electron chi connectivity index (χ4n) is 2.33. The average molecular weight is 311 g/mol. The van der Waals surface area contributed by atoms with Crippen LogP contribution in [0.5, 0.6) is 0 Å². The molecule has 2 aromatic carbocycles. The van der Waals surface area contributed by atoms with Crippen molar-refractivity contribution in [2.45, 2.75) is 19.9 Å². The monoisotopic (exact) mass is 311 g/mol. The molecule has 1 amide bonds. The summed E-state index contributed by atoms with van der Waals surface area (Å²) >= 11 is 0. The number of hydrogen-bond donors (Lipinski definition) is 0. The van der Waals surface area contributed by atoms with Crippen LogP contribution < -0.4 is 0 Å². The predicted molar refractivity (Wildman–Crippen MR) is 89.1 cm³/mol. The van der Waals surface area contributed by atoms with Gasteiger partial charge in [0.25, 0.3) is 0 Å². The number of benzene rings is 2. The number of hydrogen-bond acceptors (Lipinski definition) is 3. The Balaban J connectivity index is 1.98. The maximum absolute atomic E-state index is 12.3. The smallest absolute Gasteiger partial charge is 0.337 e. The predicted octanol–water partition coefficient (Wildman–Crippen LogP) is 2.98. The Morgan fingerprint density at radius 1 is 1.04 bits per heavy atom. The van der Waals surface area contributed by atoms with Gasteiger partial charge in [0, 0.05) is 13.6 Å². The fourth-order valence-corrected chi connectivity index (χ4v) is 2.33. The maximum Gasteiger partial charge on any atom is 0.337 e. The maximum atomic E-state index is 12.3. The highest BCUT2D eigenvalue weighted by Crippen LogP contribution is 2.11. The molecule has 0 saturated heterocycles. The van der Waals surface area contributed by atoms with Crippen LogP contribution in [0, 0.1) is 6.92 Å². The summed E-state index contributed by atoms with van der Waals surface area (Å²) in [7, 11) is 3.14. The van der Waals surface area contributed by atoms with Crippen LogP contribution in [0.25, 0.3) is 0 Å². The molecule has 0 fully saturated rings. The molecule has 0 bridgehead atoms. The van der Waals surface area contributed by atoms with E-state index in [9.17, 15) is 9.59 Å². The number of amides is 1. The second-order valence-corrected chi connectivity index (χ2v) is 5.54. The molecular weight excluding hydrogens is 290 g/mol. The van der Waals surface area contributed by atoms with Crippen molar-refractivity contribution in [2.75, 3.05) is 14.2 Å². The molecule has 120 valence electrons. The van der Waals surface area contributed by atoms with Crippen LogP contribution >= 0.6 is 0 Å². The molecule has 0 heterocycles. The molecule has 0 N–H and O–H groups in total. The first-order valence-corrected chi connectivity index (χ1v) is 7.47. The second kappa shape index (κ2) is 7.58. The van der Waals surface area contributed by atoms with Crippen molar-refractivity contribution in [3.63, 3.8) is 0 Å². The van der Waals surface area contributed by atoms with Crippen LogP contribution in [0.2, 0.25) is 0 Å². The number of carbonyl (C=O) groups excluding carboxylic acids is 2. The van der Waals surface area contributed by atoms with Gasteiger partial charge < -0.3 is 9.64 Å². The van der Waals surface area contributed by atoms with Crippen LogP contribution in [0.4, 0.5) is 0 Å². The number of likely N-dealkylation sites (N-methyl/N-ethyl adjacent to an activating group) is 1. The van der Waals surface area contributed by atoms with Gasteiger partial charge in [0.15, 0.2) is 0 Å². The minimum absolute atomic E-state index is 0.0661. The Bertz CT molecular complexity index is 692. The highest BCUT2D eigenvalue weighted by molar-refractivity contribution is 5.89. The van der Waals surface area contributed by atoms with E-state index in [0.717, 1.165) is 16.7 Å². The number of rotatable bonds is 5. The third-order valence-electron chi connectivity index (χ3n) is 3.82. The Morgan fingerprint density at radius 2 is 1.70 bits per heavy atom. The van der Waals surface area contributed by atoms with Crippen molar-refractivity contribution in [2.24, 2.45) is 0 Å². The summed E-state index contributed by atoms with van der Waals surface area (Å²) in [5.74, 6) is -0.295. The summed E-state index contributed by atoms with van der Waals surface area (Å²) in [6.45, 7) is 2.51. The van der Waals surface area contributed by atoms with Crippen molar-refractivity contribution in [3.05, 3.63) is 70.8 Å². The molecule has 4 nitrogen and oxygen atoms in total. The average Bonchev–Trinajstić information content (AvgIpc) is 2.56. The number of esters is 1. The van der Waals surface area contributed by atoms with Gasteiger partial charge >= 0.3 is 5.97 Å². The molecular formula is C19H21NO3. The highest BCUT2D eigenvalue weighted by Gasteiger charge is 2.12. The number of aryl methyl sites for hydroxylation is 1. The zero-order valence-corrected chi connectivity index (χ0v) is 13.7. The third kappa shape index (κ3) is 4.42. The van der Waals surface area contributed by atoms with Gasteiger partial charge in [0.1, 0.15) is 0 Å². The summed E-state index contributed by atoms with van der Waals surface area (Å²) in [5.41, 5.74) is 3.64. The lowest BCUT2D eigenvalue weighted by molar-refractivity contribution is -0.129. The molecule has 0 aliphatic rings. The summed E-state index contributed by atoms with van der Waals surface area (Å²) < 4.78 is 4.67. The Hall–Kier alpha value is -2.62. The van der Waals surface area contributed by atoms with E-state index in [1.165, 1.54) is 7.11 Å². The number of carbonyl (C=O) groups is 2. The van der Waals surface area contributed by atoms with E-state index in [1.807, 2.05) is 43.3 Å². The second-order valence-electron chi connectivity index (χ2n) is 5.54. The molecule has 23 heavy (non-hydrogen) atoms. The minimum Gasteiger partial charge on any atom is -0.465 e. The molecule has 2 aromatic rings. The van der Waals surface area contributed by atoms with Gasteiger partial charge in [0.05, 0.1) is 19.1 Å². The van der Waals surface area contributed by atoms with E-state index in [-0.39, 0.29) is 11.9 Å². The van der Waals surface area contributed by atoms with Gasteiger partial charge in [-0.05, 0) is 35.7 Å². The van der Waals surface area contributed by atoms with Gasteiger partial charge in [-0.25, -0.2) is 4.79 Å². The van der Waals surface area contributed by atoms with Crippen molar-refractivity contribution in [1.29, 1.82) is 0 Å². The van der Waals surface area contributed by atoms with E-state index in [2.05, 4.69) is 4.74 Å². The highest BCUT2D eigenvalue weighted by atomic mass is 16.5. The summed E-state index contributed by atoms with van der Waals surface area (Å²) in [6, 6.07) is 15.0. The van der Waals surface area contributed by atoms with Gasteiger partial charge in [-0.1, -0.05) is 36.4 Å². The van der Waals surface area contributed by atoms with Crippen LogP contribution in [0.1, 0.15) is 27.0 Å². The Kier molecular flexibility index (Phi) is 5.52. The van der Waals surface area contributed by atoms with E-state index in [1.54, 1.807) is 24.1 Å². The topological polar surface area (TPSA) is 46.6 Å². The summed E-state index contributed by atoms with van der Waals surface area (Å²) in [5, 5.41) is 0. The van der Waals surface area contributed by atoms with Crippen LogP contribution in [-0.2, 0) is 22.5 Å². The van der Waals surface area contributed by atoms with Crippen molar-refractivity contribution in [1.82, 2.24) is 4.90 Å². The van der Waals surface area contributed by atoms with E-state index >= 15 is 0 Å². The lowest BCUT2D eigenvalue weighted by Gasteiger charge is -2.18. The van der Waals surface area contributed by atoms with Crippen LogP contribution in [0.3, 0.4) is 0 Å². The lowest BCUT2D eigenvalue weighted by atomic mass is 10.1. The van der Waals surface area contributed by atoms with Crippen molar-refractivity contribution >= 4 is 11.9 Å². The molecule has 2 rings (SSSR count). The number of nitrogens with zero attached hydrogens (tertiary/aromatic N) is 1. The normalized spacial score (nSPS) is 10.2. The van der Waals surface area contributed by atoms with E-state index in [0.29, 0.717) is 18.5 Å². The standard InChI is InChI=1S/C19H21NO3/c1-14-6-4-5-7-17(14)12-18(21)20(2)13-15-8-10-16(11-9-15)19(22)23-3/h4-11H,12-13H2,1-3H3. The molecule has 0 aliphatic heterocycles. The zero-order valence-electron chi connectivity index (χ0n) is 13.7. The first-order chi connectivity index (χ1) is 11.0. The third-order valence-corrected chi connectivity index (χ3v) is 3.82. The zero-order chi connectivity index (χ0) is 16.8. The largest absolute Gasteiger partial charge is 0.465 e. The minimum atomic E-state index is -0.361. The van der Waals surface area contributed by atoms with E-state index < -0.39 is 0 Å². The molecule has 0 saturated carbocycles. The lowest BCUT2D eigenvalue weighted by Crippen LogP contribution is -2.27. The van der Waals surface area contributed by atoms with Gasteiger partial charge in [-0.2, -0.15) is 0 Å². The number of methoxy groups -OCH3 is 1. The molecule has 4 heteroatoms. The first kappa shape index (κ1) is 16.7. The number of ether oxygens (including phenoxy) is 1. The van der Waals surface area contributed by atoms with Gasteiger partial charge in [0.2, 0.25) is 5.91 Å². The Morgan fingerprint density at radius 3 is 2.30 bits per heavy atom. The van der Waals surface area contributed by atoms with Gasteiger partial charge in [-0.15, -0.1) is 0 Å². The summed E-state index contributed by atoms with van der Waals surface area (Å²) in [6.07, 6.45) is 0.392. The molecule has 0 aromatic heterocycles. The molecule has 0 spiro atoms. The van der Waals surface area contributed by atoms with Crippen molar-refractivity contribution < 1.29 is 14.3 Å². The quantitative estimate of drug-likeness (QED) is 0.798. The fraction of sp³-hybridized carbons (Fsp3) is 0.263. The molecule has 0 aliphatic carbocycles. The molecule has 0 unspecified atom stereocenters. The van der Waals surface area contributed by atoms with E-state index in [4.69, 9.17) is 0 Å². The van der Waals surface area contributed by atoms with Crippen LogP contribution in [0.15, 0.2) is 48.5 Å².